The summed E-state index contributed by atoms with van der Waals surface area (Å²) in [6.07, 6.45) is 0. The Morgan fingerprint density at radius 2 is 1.84 bits per heavy atom. The van der Waals surface area contributed by atoms with Crippen LogP contribution in [0.15, 0.2) is 65.5 Å². The second kappa shape index (κ2) is 8.03. The van der Waals surface area contributed by atoms with Gasteiger partial charge in [-0.2, -0.15) is 0 Å². The van der Waals surface area contributed by atoms with Crippen molar-refractivity contribution in [1.82, 2.24) is 9.55 Å². The lowest BCUT2D eigenvalue weighted by Crippen LogP contribution is -2.22. The number of nitrogens with one attached hydrogen (secondary N) is 1. The fraction of sp³-hybridized carbons (Fsp3) is 0.0870. The molecular weight excluding hydrogens is 415 g/mol. The molecule has 160 valence electrons. The van der Waals surface area contributed by atoms with Crippen molar-refractivity contribution in [1.29, 1.82) is 0 Å². The molecule has 32 heavy (non-hydrogen) atoms. The fourth-order valence-electron chi connectivity index (χ4n) is 3.49. The molecule has 4 aromatic rings. The number of nitrogens with zero attached hydrogens (tertiary/aromatic N) is 3. The van der Waals surface area contributed by atoms with Crippen molar-refractivity contribution in [3.63, 3.8) is 0 Å². The number of nitro benzene ring substituents is 1. The smallest absolute Gasteiger partial charge is 0.272 e. The summed E-state index contributed by atoms with van der Waals surface area (Å²) in [6, 6.07) is 14.7. The summed E-state index contributed by atoms with van der Waals surface area (Å²) < 4.78 is 15.8. The van der Waals surface area contributed by atoms with E-state index in [1.807, 2.05) is 0 Å². The van der Waals surface area contributed by atoms with Gasteiger partial charge in [-0.1, -0.05) is 12.1 Å². The second-order valence-electron chi connectivity index (χ2n) is 7.19. The van der Waals surface area contributed by atoms with Gasteiger partial charge in [0, 0.05) is 17.2 Å². The summed E-state index contributed by atoms with van der Waals surface area (Å²) in [5, 5.41) is 13.9. The number of carbonyl (C=O) groups excluding carboxylic acids is 1. The van der Waals surface area contributed by atoms with Crippen LogP contribution in [0.3, 0.4) is 0 Å². The van der Waals surface area contributed by atoms with Crippen LogP contribution in [-0.2, 0) is 0 Å². The van der Waals surface area contributed by atoms with Crippen LogP contribution in [-0.4, -0.2) is 20.4 Å². The molecule has 8 nitrogen and oxygen atoms in total. The molecule has 0 aliphatic heterocycles. The summed E-state index contributed by atoms with van der Waals surface area (Å²) in [7, 11) is 0. The number of aryl methyl sites for hydroxylation is 2. The van der Waals surface area contributed by atoms with Crippen LogP contribution in [0.1, 0.15) is 21.7 Å². The van der Waals surface area contributed by atoms with E-state index in [9.17, 15) is 24.1 Å². The normalized spacial score (nSPS) is 10.8. The Balaban J connectivity index is 1.72. The lowest BCUT2D eigenvalue weighted by atomic mass is 10.1. The molecule has 0 radical (unpaired) electrons. The predicted octanol–water partition coefficient (Wildman–Crippen LogP) is 4.30. The first-order chi connectivity index (χ1) is 15.3. The Hall–Kier alpha value is -4.40. The largest absolute Gasteiger partial charge is 0.319 e. The van der Waals surface area contributed by atoms with Gasteiger partial charge in [0.1, 0.15) is 11.6 Å². The minimum Gasteiger partial charge on any atom is -0.319 e. The van der Waals surface area contributed by atoms with Gasteiger partial charge in [0.15, 0.2) is 0 Å². The molecule has 1 aromatic heterocycles. The maximum atomic E-state index is 14.5. The molecule has 0 fully saturated rings. The van der Waals surface area contributed by atoms with E-state index in [1.165, 1.54) is 41.8 Å². The third-order valence-corrected chi connectivity index (χ3v) is 5.06. The molecule has 3 aromatic carbocycles. The highest BCUT2D eigenvalue weighted by atomic mass is 19.1. The summed E-state index contributed by atoms with van der Waals surface area (Å²) in [5.74, 6) is -0.927. The van der Waals surface area contributed by atoms with Crippen LogP contribution < -0.4 is 10.9 Å². The predicted molar refractivity (Wildman–Crippen MR) is 118 cm³/mol. The Morgan fingerprint density at radius 1 is 1.09 bits per heavy atom. The average molecular weight is 432 g/mol. The van der Waals surface area contributed by atoms with Gasteiger partial charge in [0.2, 0.25) is 0 Å². The number of amides is 1. The number of nitro groups is 1. The number of carbonyl (C=O) groups is 1. The van der Waals surface area contributed by atoms with Crippen molar-refractivity contribution < 1.29 is 14.1 Å². The highest BCUT2D eigenvalue weighted by Crippen LogP contribution is 2.23. The van der Waals surface area contributed by atoms with Gasteiger partial charge in [-0.25, -0.2) is 9.37 Å². The van der Waals surface area contributed by atoms with Gasteiger partial charge >= 0.3 is 0 Å². The topological polar surface area (TPSA) is 107 Å². The molecule has 0 saturated carbocycles. The lowest BCUT2D eigenvalue weighted by molar-refractivity contribution is -0.385. The Bertz CT molecular complexity index is 1460. The fourth-order valence-corrected chi connectivity index (χ4v) is 3.49. The molecule has 0 aliphatic rings. The van der Waals surface area contributed by atoms with Crippen molar-refractivity contribution in [2.75, 3.05) is 5.32 Å². The van der Waals surface area contributed by atoms with Gasteiger partial charge in [-0.05, 0) is 56.3 Å². The van der Waals surface area contributed by atoms with E-state index in [0.717, 1.165) is 6.07 Å². The molecule has 1 heterocycles. The zero-order valence-corrected chi connectivity index (χ0v) is 17.1. The SMILES string of the molecule is Cc1cc(C(=O)Nc2cc(-n3c(C)nc4ccccc4c3=O)ccc2F)ccc1[N+](=O)[O-]. The highest BCUT2D eigenvalue weighted by molar-refractivity contribution is 6.04. The third-order valence-electron chi connectivity index (χ3n) is 5.06. The van der Waals surface area contributed by atoms with E-state index in [2.05, 4.69) is 10.3 Å². The van der Waals surface area contributed by atoms with Crippen LogP contribution in [0.25, 0.3) is 16.6 Å². The van der Waals surface area contributed by atoms with Gasteiger partial charge in [-0.15, -0.1) is 0 Å². The van der Waals surface area contributed by atoms with E-state index in [0.29, 0.717) is 28.0 Å². The van der Waals surface area contributed by atoms with Crippen LogP contribution >= 0.6 is 0 Å². The van der Waals surface area contributed by atoms with Crippen molar-refractivity contribution in [3.05, 3.63) is 104 Å². The molecule has 0 saturated heterocycles. The first-order valence-electron chi connectivity index (χ1n) is 9.61. The standard InChI is InChI=1S/C23H17FN4O4/c1-13-11-15(7-10-21(13)28(31)32)22(29)26-20-12-16(8-9-18(20)24)27-14(2)25-19-6-4-3-5-17(19)23(27)30/h3-12H,1-2H3,(H,26,29). The molecule has 0 unspecified atom stereocenters. The zero-order chi connectivity index (χ0) is 23.0. The second-order valence-corrected chi connectivity index (χ2v) is 7.19. The molecule has 0 atom stereocenters. The van der Waals surface area contributed by atoms with E-state index in [1.54, 1.807) is 31.2 Å². The minimum absolute atomic E-state index is 0.117. The molecule has 4 rings (SSSR count). The number of halogens is 1. The summed E-state index contributed by atoms with van der Waals surface area (Å²) in [5.41, 5.74) is 0.761. The number of benzene rings is 3. The highest BCUT2D eigenvalue weighted by Gasteiger charge is 2.17. The number of fused-ring (bicyclic) bond motifs is 1. The molecular formula is C23H17FN4O4. The van der Waals surface area contributed by atoms with Crippen LogP contribution in [0, 0.1) is 29.8 Å². The van der Waals surface area contributed by atoms with Crippen molar-refractivity contribution in [3.8, 4) is 5.69 Å². The van der Waals surface area contributed by atoms with E-state index in [4.69, 9.17) is 0 Å². The number of rotatable bonds is 4. The Labute approximate surface area is 181 Å². The Kier molecular flexibility index (Phi) is 5.23. The molecule has 0 spiro atoms. The van der Waals surface area contributed by atoms with Gasteiger partial charge < -0.3 is 5.32 Å². The quantitative estimate of drug-likeness (QED) is 0.382. The molecule has 1 N–H and O–H groups in total. The lowest BCUT2D eigenvalue weighted by Gasteiger charge is -2.13. The minimum atomic E-state index is -0.694. The molecule has 0 aliphatic carbocycles. The van der Waals surface area contributed by atoms with Crippen molar-refractivity contribution in [2.45, 2.75) is 13.8 Å². The zero-order valence-electron chi connectivity index (χ0n) is 17.1. The molecule has 0 bridgehead atoms. The van der Waals surface area contributed by atoms with E-state index < -0.39 is 16.6 Å². The molecule has 1 amide bonds. The van der Waals surface area contributed by atoms with Gasteiger partial charge in [0.05, 0.1) is 27.2 Å². The summed E-state index contributed by atoms with van der Waals surface area (Å²) in [6.45, 7) is 3.17. The Morgan fingerprint density at radius 3 is 2.56 bits per heavy atom. The average Bonchev–Trinajstić information content (AvgIpc) is 2.75. The van der Waals surface area contributed by atoms with E-state index in [-0.39, 0.29) is 22.5 Å². The number of aromatic nitrogens is 2. The van der Waals surface area contributed by atoms with Gasteiger partial charge in [-0.3, -0.25) is 24.3 Å². The van der Waals surface area contributed by atoms with E-state index >= 15 is 0 Å². The summed E-state index contributed by atoms with van der Waals surface area (Å²) in [4.78, 5) is 40.5. The maximum Gasteiger partial charge on any atom is 0.272 e. The van der Waals surface area contributed by atoms with Crippen LogP contribution in [0.5, 0.6) is 0 Å². The van der Waals surface area contributed by atoms with Crippen LogP contribution in [0.4, 0.5) is 15.8 Å². The number of hydrogen-bond donors (Lipinski definition) is 1. The number of anilines is 1. The number of hydrogen-bond acceptors (Lipinski definition) is 5. The monoisotopic (exact) mass is 432 g/mol. The van der Waals surface area contributed by atoms with Crippen molar-refractivity contribution >= 4 is 28.2 Å². The first kappa shape index (κ1) is 20.9. The van der Waals surface area contributed by atoms with Crippen molar-refractivity contribution in [2.24, 2.45) is 0 Å². The molecule has 9 heteroatoms. The maximum absolute atomic E-state index is 14.5. The summed E-state index contributed by atoms with van der Waals surface area (Å²) >= 11 is 0. The van der Waals surface area contributed by atoms with Crippen LogP contribution in [0.2, 0.25) is 0 Å². The van der Waals surface area contributed by atoms with Gasteiger partial charge in [0.25, 0.3) is 17.2 Å². The number of para-hydroxylation sites is 1. The first-order valence-corrected chi connectivity index (χ1v) is 9.61. The third kappa shape index (κ3) is 3.71.